The first-order chi connectivity index (χ1) is 8.70. The second-order valence-corrected chi connectivity index (χ2v) is 4.21. The van der Waals surface area contributed by atoms with Gasteiger partial charge in [0.2, 0.25) is 0 Å². The first-order valence-corrected chi connectivity index (χ1v) is 6.11. The highest BCUT2D eigenvalue weighted by Gasteiger charge is 2.22. The molecule has 0 bridgehead atoms. The quantitative estimate of drug-likeness (QED) is 0.769. The van der Waals surface area contributed by atoms with Crippen LogP contribution < -0.4 is 0 Å². The van der Waals surface area contributed by atoms with E-state index in [0.717, 1.165) is 23.4 Å². The third-order valence-corrected chi connectivity index (χ3v) is 2.78. The van der Waals surface area contributed by atoms with Gasteiger partial charge in [-0.3, -0.25) is 4.99 Å². The van der Waals surface area contributed by atoms with Crippen LogP contribution in [0.4, 0.5) is 5.69 Å². The first kappa shape index (κ1) is 12.8. The van der Waals surface area contributed by atoms with E-state index in [0.29, 0.717) is 6.61 Å². The van der Waals surface area contributed by atoms with Crippen LogP contribution in [-0.2, 0) is 14.3 Å². The summed E-state index contributed by atoms with van der Waals surface area (Å²) in [5.74, 6) is -0.324. The van der Waals surface area contributed by atoms with Gasteiger partial charge < -0.3 is 9.47 Å². The predicted octanol–water partition coefficient (Wildman–Crippen LogP) is 2.80. The van der Waals surface area contributed by atoms with E-state index >= 15 is 0 Å². The number of ether oxygens (including phenoxy) is 2. The minimum absolute atomic E-state index is 0.0138. The average molecular weight is 247 g/mol. The highest BCUT2D eigenvalue weighted by molar-refractivity contribution is 5.87. The van der Waals surface area contributed by atoms with Gasteiger partial charge in [0.1, 0.15) is 6.61 Å². The molecule has 0 spiro atoms. The summed E-state index contributed by atoms with van der Waals surface area (Å²) in [7, 11) is 0. The van der Waals surface area contributed by atoms with Gasteiger partial charge in [0.05, 0.1) is 18.4 Å². The van der Waals surface area contributed by atoms with Crippen molar-refractivity contribution in [1.82, 2.24) is 0 Å². The standard InChI is InChI=1S/C14H17NO3/c1-3-17-14(16)9-18-13-8-10(2)15-12-7-5-4-6-11(12)13/h4-7,13H,3,8-9H2,1-2H3/t13-/m1/s1. The molecule has 0 fully saturated rings. The van der Waals surface area contributed by atoms with Gasteiger partial charge >= 0.3 is 5.97 Å². The number of fused-ring (bicyclic) bond motifs is 1. The highest BCUT2D eigenvalue weighted by Crippen LogP contribution is 2.34. The Labute approximate surface area is 107 Å². The number of para-hydroxylation sites is 1. The molecule has 0 aromatic heterocycles. The number of nitrogens with zero attached hydrogens (tertiary/aromatic N) is 1. The summed E-state index contributed by atoms with van der Waals surface area (Å²) in [4.78, 5) is 15.8. The smallest absolute Gasteiger partial charge is 0.332 e. The molecule has 1 atom stereocenters. The van der Waals surface area contributed by atoms with Crippen LogP contribution in [0, 0.1) is 0 Å². The van der Waals surface area contributed by atoms with Crippen molar-refractivity contribution in [3.05, 3.63) is 29.8 Å². The molecule has 96 valence electrons. The van der Waals surface area contributed by atoms with Crippen molar-refractivity contribution < 1.29 is 14.3 Å². The lowest BCUT2D eigenvalue weighted by atomic mass is 9.99. The number of esters is 1. The third kappa shape index (κ3) is 2.96. The van der Waals surface area contributed by atoms with Gasteiger partial charge in [0.15, 0.2) is 0 Å². The summed E-state index contributed by atoms with van der Waals surface area (Å²) in [6.45, 7) is 4.12. The molecule has 1 aliphatic rings. The molecule has 2 rings (SSSR count). The summed E-state index contributed by atoms with van der Waals surface area (Å²) < 4.78 is 10.5. The number of benzene rings is 1. The van der Waals surface area contributed by atoms with Gasteiger partial charge in [0, 0.05) is 17.7 Å². The average Bonchev–Trinajstić information content (AvgIpc) is 2.36. The zero-order chi connectivity index (χ0) is 13.0. The van der Waals surface area contributed by atoms with Crippen LogP contribution in [-0.4, -0.2) is 24.9 Å². The Morgan fingerprint density at radius 2 is 2.22 bits per heavy atom. The molecule has 0 radical (unpaired) electrons. The summed E-state index contributed by atoms with van der Waals surface area (Å²) in [5.41, 5.74) is 2.98. The molecule has 0 unspecified atom stereocenters. The molecule has 0 saturated carbocycles. The second kappa shape index (κ2) is 5.78. The van der Waals surface area contributed by atoms with Crippen molar-refractivity contribution in [2.75, 3.05) is 13.2 Å². The molecule has 1 aromatic rings. The summed E-state index contributed by atoms with van der Waals surface area (Å²) in [6.07, 6.45) is 0.610. The molecule has 0 saturated heterocycles. The Balaban J connectivity index is 2.06. The van der Waals surface area contributed by atoms with Crippen LogP contribution in [0.2, 0.25) is 0 Å². The number of aliphatic imine (C=N–C) groups is 1. The molecule has 0 N–H and O–H groups in total. The Hall–Kier alpha value is -1.68. The third-order valence-electron chi connectivity index (χ3n) is 2.78. The Morgan fingerprint density at radius 3 is 3.00 bits per heavy atom. The lowest BCUT2D eigenvalue weighted by molar-refractivity contribution is -0.150. The summed E-state index contributed by atoms with van der Waals surface area (Å²) in [5, 5.41) is 0. The molecule has 4 nitrogen and oxygen atoms in total. The lowest BCUT2D eigenvalue weighted by Crippen LogP contribution is -2.18. The van der Waals surface area contributed by atoms with Gasteiger partial charge in [0.25, 0.3) is 0 Å². The highest BCUT2D eigenvalue weighted by atomic mass is 16.6. The maximum atomic E-state index is 11.3. The number of rotatable bonds is 4. The predicted molar refractivity (Wildman–Crippen MR) is 69.2 cm³/mol. The monoisotopic (exact) mass is 247 g/mol. The van der Waals surface area contributed by atoms with Crippen LogP contribution in [0.15, 0.2) is 29.3 Å². The largest absolute Gasteiger partial charge is 0.464 e. The van der Waals surface area contributed by atoms with Crippen molar-refractivity contribution in [1.29, 1.82) is 0 Å². The SMILES string of the molecule is CCOC(=O)CO[C@@H]1CC(C)=Nc2ccccc21. The first-order valence-electron chi connectivity index (χ1n) is 6.11. The minimum atomic E-state index is -0.324. The van der Waals surface area contributed by atoms with Crippen LogP contribution in [0.1, 0.15) is 31.9 Å². The van der Waals surface area contributed by atoms with Gasteiger partial charge in [-0.2, -0.15) is 0 Å². The molecular formula is C14H17NO3. The summed E-state index contributed by atoms with van der Waals surface area (Å²) in [6, 6.07) is 7.85. The minimum Gasteiger partial charge on any atom is -0.464 e. The fourth-order valence-electron chi connectivity index (χ4n) is 2.01. The zero-order valence-corrected chi connectivity index (χ0v) is 10.7. The van der Waals surface area contributed by atoms with Crippen LogP contribution in [0.5, 0.6) is 0 Å². The van der Waals surface area contributed by atoms with E-state index < -0.39 is 0 Å². The van der Waals surface area contributed by atoms with E-state index in [1.54, 1.807) is 6.92 Å². The van der Waals surface area contributed by atoms with E-state index in [1.165, 1.54) is 0 Å². The zero-order valence-electron chi connectivity index (χ0n) is 10.7. The summed E-state index contributed by atoms with van der Waals surface area (Å²) >= 11 is 0. The molecule has 0 aliphatic carbocycles. The van der Waals surface area contributed by atoms with E-state index in [-0.39, 0.29) is 18.7 Å². The molecule has 1 heterocycles. The fraction of sp³-hybridized carbons (Fsp3) is 0.429. The number of carbonyl (C=O) groups is 1. The van der Waals surface area contributed by atoms with Crippen LogP contribution in [0.3, 0.4) is 0 Å². The molecule has 1 aromatic carbocycles. The molecular weight excluding hydrogens is 230 g/mol. The van der Waals surface area contributed by atoms with E-state index in [4.69, 9.17) is 9.47 Å². The van der Waals surface area contributed by atoms with Gasteiger partial charge in [-0.25, -0.2) is 4.79 Å². The van der Waals surface area contributed by atoms with Crippen molar-refractivity contribution in [2.24, 2.45) is 4.99 Å². The van der Waals surface area contributed by atoms with Crippen molar-refractivity contribution in [3.63, 3.8) is 0 Å². The van der Waals surface area contributed by atoms with Gasteiger partial charge in [-0.05, 0) is 19.9 Å². The normalized spacial score (nSPS) is 17.9. The van der Waals surface area contributed by atoms with Crippen LogP contribution in [0.25, 0.3) is 0 Å². The van der Waals surface area contributed by atoms with Crippen molar-refractivity contribution >= 4 is 17.4 Å². The topological polar surface area (TPSA) is 47.9 Å². The maximum absolute atomic E-state index is 11.3. The Bertz CT molecular complexity index is 468. The second-order valence-electron chi connectivity index (χ2n) is 4.21. The van der Waals surface area contributed by atoms with Crippen molar-refractivity contribution in [3.8, 4) is 0 Å². The van der Waals surface area contributed by atoms with Crippen LogP contribution >= 0.6 is 0 Å². The Morgan fingerprint density at radius 1 is 1.44 bits per heavy atom. The molecule has 4 heteroatoms. The lowest BCUT2D eigenvalue weighted by Gasteiger charge is -2.23. The number of carbonyl (C=O) groups excluding carboxylic acids is 1. The maximum Gasteiger partial charge on any atom is 0.332 e. The fourth-order valence-corrected chi connectivity index (χ4v) is 2.01. The number of hydrogen-bond acceptors (Lipinski definition) is 4. The van der Waals surface area contributed by atoms with E-state index in [9.17, 15) is 4.79 Å². The van der Waals surface area contributed by atoms with E-state index in [2.05, 4.69) is 4.99 Å². The van der Waals surface area contributed by atoms with Crippen molar-refractivity contribution in [2.45, 2.75) is 26.4 Å². The van der Waals surface area contributed by atoms with E-state index in [1.807, 2.05) is 31.2 Å². The molecule has 18 heavy (non-hydrogen) atoms. The number of hydrogen-bond donors (Lipinski definition) is 0. The van der Waals surface area contributed by atoms with Gasteiger partial charge in [-0.1, -0.05) is 18.2 Å². The molecule has 0 amide bonds. The molecule has 1 aliphatic heterocycles. The Kier molecular flexibility index (Phi) is 4.10. The van der Waals surface area contributed by atoms with Gasteiger partial charge in [-0.15, -0.1) is 0 Å².